The van der Waals surface area contributed by atoms with E-state index in [0.717, 1.165) is 0 Å². The molecule has 0 aromatic heterocycles. The second-order valence-corrected chi connectivity index (χ2v) is 83.9. The first kappa shape index (κ1) is 79.1. The van der Waals surface area contributed by atoms with E-state index < -0.39 is 64.6 Å². The fraction of sp³-hybridized carbons (Fsp3) is 0.435. The molecule has 10 aromatic rings. The molecule has 0 aliphatic rings. The van der Waals surface area contributed by atoms with Crippen molar-refractivity contribution < 1.29 is 0 Å². The summed E-state index contributed by atoms with van der Waals surface area (Å²) in [5, 5.41) is 22.6. The van der Waals surface area contributed by atoms with Gasteiger partial charge in [-0.25, -0.2) is 0 Å². The highest BCUT2D eigenvalue weighted by Crippen LogP contribution is 2.55. The van der Waals surface area contributed by atoms with Crippen molar-refractivity contribution in [2.75, 3.05) is 9.80 Å². The molecule has 0 radical (unpaired) electrons. The summed E-state index contributed by atoms with van der Waals surface area (Å²) in [4.78, 5) is 5.63. The van der Waals surface area contributed by atoms with Crippen molar-refractivity contribution in [3.63, 3.8) is 0 Å². The van der Waals surface area contributed by atoms with Gasteiger partial charge in [0.15, 0.2) is 0 Å². The molecule has 0 amide bonds. The molecule has 10 aromatic carbocycles. The molecule has 0 saturated heterocycles. The molecule has 2 nitrogen and oxygen atoms in total. The zero-order valence-electron chi connectivity index (χ0n) is 70.8. The molecule has 542 valence electrons. The van der Waals surface area contributed by atoms with E-state index in [2.05, 4.69) is 396 Å². The lowest BCUT2D eigenvalue weighted by molar-refractivity contribution is 0.568. The molecule has 102 heavy (non-hydrogen) atoms. The summed E-state index contributed by atoms with van der Waals surface area (Å²) < 4.78 is 0. The summed E-state index contributed by atoms with van der Waals surface area (Å²) >= 11 is 0. The summed E-state index contributed by atoms with van der Waals surface area (Å²) in [5.74, 6) is 0. The first-order valence-electron chi connectivity index (χ1n) is 38.5. The number of rotatable bonds is 15. The van der Waals surface area contributed by atoms with Crippen LogP contribution in [0.4, 0.5) is 34.1 Å². The SMILES string of the molecule is CC(C)(C)c1cc(N(c2cc([Si](C)(C)C)cc([Si](C)(C)C)c2)c2c3ccc([Si](C)(C)C)cc3c(-c3c4cc([Si](C)(C)C)ccc4c(N(c4cc(C(C)(C)C)cc(C(C)(C)C)c4)c4cc([Si](C)(C)C)cc([Si](C)(C)C)c4)c4cc([Si](C)(C)C)ccc34)c3ccc([Si](C)(C)C)cc23)cc(C(C)(C)C)c1. The van der Waals surface area contributed by atoms with Gasteiger partial charge in [0, 0.05) is 44.3 Å². The van der Waals surface area contributed by atoms with E-state index in [4.69, 9.17) is 0 Å². The Bertz CT molecular complexity index is 4330. The molecule has 10 rings (SSSR count). The lowest BCUT2D eigenvalue weighted by Gasteiger charge is -2.36. The van der Waals surface area contributed by atoms with Gasteiger partial charge in [-0.3, -0.25) is 0 Å². The van der Waals surface area contributed by atoms with E-state index in [-0.39, 0.29) is 21.7 Å². The Balaban J connectivity index is 1.57. The third kappa shape index (κ3) is 16.1. The molecule has 0 aliphatic carbocycles. The predicted molar refractivity (Wildman–Crippen MR) is 490 cm³/mol. The highest BCUT2D eigenvalue weighted by molar-refractivity contribution is 6.93. The van der Waals surface area contributed by atoms with E-state index in [0.29, 0.717) is 0 Å². The molecule has 0 spiro atoms. The zero-order valence-corrected chi connectivity index (χ0v) is 78.8. The quantitative estimate of drug-likeness (QED) is 0.0746. The molecule has 0 aliphatic heterocycles. The number of hydrogen-bond acceptors (Lipinski definition) is 2. The highest BCUT2D eigenvalue weighted by Gasteiger charge is 2.36. The van der Waals surface area contributed by atoms with Crippen LogP contribution in [-0.2, 0) is 21.7 Å². The topological polar surface area (TPSA) is 6.48 Å². The van der Waals surface area contributed by atoms with Gasteiger partial charge in [-0.15, -0.1) is 0 Å². The van der Waals surface area contributed by atoms with E-state index in [1.165, 1.54) is 152 Å². The van der Waals surface area contributed by atoms with Crippen LogP contribution in [-0.4, -0.2) is 64.6 Å². The van der Waals surface area contributed by atoms with Gasteiger partial charge < -0.3 is 9.80 Å². The summed E-state index contributed by atoms with van der Waals surface area (Å²) in [6, 6.07) is 62.9. The standard InChI is InChI=1S/C92H132N2Si8/c1-89(2,3)61-45-62(90(4,5)6)48-65(47-61)93(67-51-73(99(25,26)27)55-74(52-67)100(28,29)30)87-79-43-39-69(95(13,14)15)57-81(79)85(77-41-37-71(59-83(77)87)97(19,20)21)86-78-42-38-72(98(22,23)24)60-84(78)88(80-44-40-70(58-82(80)86)96(16,17)18)94(66-49-63(91(7,8)9)46-64(50-66)92(10,11)12)68-53-75(101(31,32)33)56-76(54-68)102(34,35)36/h37-60H,1-36H3. The van der Waals surface area contributed by atoms with Crippen LogP contribution >= 0.6 is 0 Å². The van der Waals surface area contributed by atoms with Crippen LogP contribution in [0, 0.1) is 0 Å². The number of benzene rings is 10. The van der Waals surface area contributed by atoms with Crippen molar-refractivity contribution in [2.45, 2.75) is 262 Å². The van der Waals surface area contributed by atoms with E-state index >= 15 is 0 Å². The first-order chi connectivity index (χ1) is 46.1. The Morgan fingerprint density at radius 2 is 0.382 bits per heavy atom. The van der Waals surface area contributed by atoms with Gasteiger partial charge >= 0.3 is 0 Å². The lowest BCUT2D eigenvalue weighted by atomic mass is 9.80. The molecule has 0 saturated carbocycles. The minimum atomic E-state index is -1.99. The molecule has 0 atom stereocenters. The second-order valence-electron chi connectivity index (χ2n) is 43.2. The average molecular weight is 1490 g/mol. The largest absolute Gasteiger partial charge is 0.309 e. The second kappa shape index (κ2) is 26.2. The number of fused-ring (bicyclic) bond motifs is 4. The van der Waals surface area contributed by atoms with Crippen molar-refractivity contribution in [3.8, 4) is 11.1 Å². The molecule has 10 heteroatoms. The lowest BCUT2D eigenvalue weighted by Crippen LogP contribution is -2.45. The van der Waals surface area contributed by atoms with Gasteiger partial charge in [-0.2, -0.15) is 0 Å². The molecule has 0 unspecified atom stereocenters. The van der Waals surface area contributed by atoms with Gasteiger partial charge in [-0.1, -0.05) is 379 Å². The molecular weight excluding hydrogens is 1360 g/mol. The van der Waals surface area contributed by atoms with E-state index in [9.17, 15) is 0 Å². The summed E-state index contributed by atoms with van der Waals surface area (Å²) in [6.45, 7) is 90.3. The normalized spacial score (nSPS) is 13.9. The molecule has 0 bridgehead atoms. The maximum atomic E-state index is 2.82. The third-order valence-electron chi connectivity index (χ3n) is 22.0. The monoisotopic (exact) mass is 1490 g/mol. The molecular formula is C92H132N2Si8. The van der Waals surface area contributed by atoms with Gasteiger partial charge in [0.25, 0.3) is 0 Å². The highest BCUT2D eigenvalue weighted by atomic mass is 28.3. The number of nitrogens with zero attached hydrogens (tertiary/aromatic N) is 2. The van der Waals surface area contributed by atoms with Gasteiger partial charge in [0.05, 0.1) is 76.0 Å². The summed E-state index contributed by atoms with van der Waals surface area (Å²) in [6.07, 6.45) is 0. The van der Waals surface area contributed by atoms with Crippen molar-refractivity contribution in [3.05, 3.63) is 168 Å². The molecule has 0 heterocycles. The average Bonchev–Trinajstić information content (AvgIpc) is 0.698. The van der Waals surface area contributed by atoms with Crippen molar-refractivity contribution in [2.24, 2.45) is 0 Å². The van der Waals surface area contributed by atoms with Crippen molar-refractivity contribution in [1.29, 1.82) is 0 Å². The van der Waals surface area contributed by atoms with E-state index in [1.807, 2.05) is 0 Å². The first-order valence-corrected chi connectivity index (χ1v) is 66.5. The van der Waals surface area contributed by atoms with Crippen molar-refractivity contribution >= 4 is 183 Å². The van der Waals surface area contributed by atoms with Crippen LogP contribution in [0.25, 0.3) is 54.2 Å². The fourth-order valence-corrected chi connectivity index (χ4v) is 24.1. The van der Waals surface area contributed by atoms with Crippen LogP contribution in [0.2, 0.25) is 157 Å². The number of hydrogen-bond donors (Lipinski definition) is 0. The van der Waals surface area contributed by atoms with Crippen LogP contribution < -0.4 is 51.3 Å². The predicted octanol–water partition coefficient (Wildman–Crippen LogP) is 24.5. The molecule has 0 N–H and O–H groups in total. The minimum Gasteiger partial charge on any atom is -0.309 e. The fourth-order valence-electron chi connectivity index (χ4n) is 14.5. The Kier molecular flexibility index (Phi) is 20.3. The Morgan fingerprint density at radius 1 is 0.186 bits per heavy atom. The van der Waals surface area contributed by atoms with Crippen LogP contribution in [0.15, 0.2) is 146 Å². The smallest absolute Gasteiger partial charge is 0.0776 e. The van der Waals surface area contributed by atoms with Crippen LogP contribution in [0.5, 0.6) is 0 Å². The van der Waals surface area contributed by atoms with Gasteiger partial charge in [-0.05, 0) is 125 Å². The summed E-state index contributed by atoms with van der Waals surface area (Å²) in [5.41, 5.74) is 15.4. The maximum absolute atomic E-state index is 2.82. The van der Waals surface area contributed by atoms with Crippen LogP contribution in [0.3, 0.4) is 0 Å². The Labute approximate surface area is 629 Å². The zero-order chi connectivity index (χ0) is 76.3. The third-order valence-corrected chi connectivity index (χ3v) is 38.2. The maximum Gasteiger partial charge on any atom is 0.0776 e. The van der Waals surface area contributed by atoms with Crippen molar-refractivity contribution in [1.82, 2.24) is 0 Å². The van der Waals surface area contributed by atoms with Gasteiger partial charge in [0.1, 0.15) is 0 Å². The Morgan fingerprint density at radius 3 is 0.588 bits per heavy atom. The Hall–Kier alpha value is -5.42. The van der Waals surface area contributed by atoms with E-state index in [1.54, 1.807) is 0 Å². The van der Waals surface area contributed by atoms with Gasteiger partial charge in [0.2, 0.25) is 0 Å². The minimum absolute atomic E-state index is 0.109. The van der Waals surface area contributed by atoms with Crippen LogP contribution in [0.1, 0.15) is 105 Å². The summed E-state index contributed by atoms with van der Waals surface area (Å²) in [7, 11) is -15.6. The number of anilines is 6. The molecule has 0 fully saturated rings.